The SMILES string of the molecule is CCOC(=O)c1cc(-n2cnc(Cl)c2)cc(OC)n1. The van der Waals surface area contributed by atoms with E-state index in [-0.39, 0.29) is 12.3 Å². The molecule has 0 atom stereocenters. The Kier molecular flexibility index (Phi) is 4.01. The molecule has 2 rings (SSSR count). The summed E-state index contributed by atoms with van der Waals surface area (Å²) in [5, 5.41) is 0.355. The highest BCUT2D eigenvalue weighted by Gasteiger charge is 2.13. The van der Waals surface area contributed by atoms with Crippen molar-refractivity contribution in [3.8, 4) is 11.6 Å². The number of nitrogens with zero attached hydrogens (tertiary/aromatic N) is 3. The lowest BCUT2D eigenvalue weighted by atomic mass is 10.3. The van der Waals surface area contributed by atoms with Crippen molar-refractivity contribution in [2.45, 2.75) is 6.92 Å². The summed E-state index contributed by atoms with van der Waals surface area (Å²) in [4.78, 5) is 19.7. The summed E-state index contributed by atoms with van der Waals surface area (Å²) >= 11 is 5.77. The van der Waals surface area contributed by atoms with Gasteiger partial charge in [-0.15, -0.1) is 0 Å². The standard InChI is InChI=1S/C12H12ClN3O3/c1-3-19-12(17)9-4-8(5-11(15-9)18-2)16-6-10(13)14-7-16/h4-7H,3H2,1-2H3. The first-order valence-electron chi connectivity index (χ1n) is 5.57. The number of hydrogen-bond acceptors (Lipinski definition) is 5. The molecule has 0 unspecified atom stereocenters. The van der Waals surface area contributed by atoms with Gasteiger partial charge >= 0.3 is 5.97 Å². The largest absolute Gasteiger partial charge is 0.481 e. The number of imidazole rings is 1. The minimum Gasteiger partial charge on any atom is -0.481 e. The summed E-state index contributed by atoms with van der Waals surface area (Å²) in [5.74, 6) is -0.195. The van der Waals surface area contributed by atoms with Crippen molar-refractivity contribution in [1.82, 2.24) is 14.5 Å². The average Bonchev–Trinajstić information content (AvgIpc) is 2.85. The number of methoxy groups -OCH3 is 1. The van der Waals surface area contributed by atoms with Gasteiger partial charge in [-0.05, 0) is 13.0 Å². The van der Waals surface area contributed by atoms with Gasteiger partial charge in [0.2, 0.25) is 5.88 Å². The second kappa shape index (κ2) is 5.71. The Hall–Kier alpha value is -2.08. The third-order valence-corrected chi connectivity index (χ3v) is 2.52. The number of carbonyl (C=O) groups excluding carboxylic acids is 1. The molecule has 0 fully saturated rings. The van der Waals surface area contributed by atoms with Crippen molar-refractivity contribution in [2.24, 2.45) is 0 Å². The molecule has 0 aliphatic heterocycles. The lowest BCUT2D eigenvalue weighted by Crippen LogP contribution is -2.09. The van der Waals surface area contributed by atoms with Crippen molar-refractivity contribution in [3.05, 3.63) is 35.5 Å². The third kappa shape index (κ3) is 3.03. The van der Waals surface area contributed by atoms with Gasteiger partial charge in [0.05, 0.1) is 19.4 Å². The molecule has 0 aliphatic rings. The van der Waals surface area contributed by atoms with Crippen LogP contribution >= 0.6 is 11.6 Å². The first-order valence-corrected chi connectivity index (χ1v) is 5.95. The second-order valence-electron chi connectivity index (χ2n) is 3.58. The first kappa shape index (κ1) is 13.4. The normalized spacial score (nSPS) is 10.3. The molecule has 0 spiro atoms. The molecule has 0 saturated carbocycles. The van der Waals surface area contributed by atoms with Gasteiger partial charge in [0.1, 0.15) is 11.5 Å². The molecule has 0 aromatic carbocycles. The summed E-state index contributed by atoms with van der Waals surface area (Å²) in [5.41, 5.74) is 0.829. The minimum absolute atomic E-state index is 0.168. The lowest BCUT2D eigenvalue weighted by molar-refractivity contribution is 0.0518. The number of hydrogen-bond donors (Lipinski definition) is 0. The van der Waals surface area contributed by atoms with Gasteiger partial charge in [0, 0.05) is 12.3 Å². The lowest BCUT2D eigenvalue weighted by Gasteiger charge is -2.08. The fourth-order valence-electron chi connectivity index (χ4n) is 1.49. The van der Waals surface area contributed by atoms with Crippen LogP contribution in [0, 0.1) is 0 Å². The smallest absolute Gasteiger partial charge is 0.357 e. The summed E-state index contributed by atoms with van der Waals surface area (Å²) in [6.45, 7) is 2.01. The van der Waals surface area contributed by atoms with Gasteiger partial charge in [-0.3, -0.25) is 0 Å². The molecular weight excluding hydrogens is 270 g/mol. The van der Waals surface area contributed by atoms with Crippen LogP contribution in [0.4, 0.5) is 0 Å². The summed E-state index contributed by atoms with van der Waals surface area (Å²) in [6, 6.07) is 3.25. The van der Waals surface area contributed by atoms with Crippen LogP contribution < -0.4 is 4.74 Å². The maximum absolute atomic E-state index is 11.7. The molecule has 0 saturated heterocycles. The Labute approximate surface area is 114 Å². The van der Waals surface area contributed by atoms with E-state index in [9.17, 15) is 4.79 Å². The monoisotopic (exact) mass is 281 g/mol. The first-order chi connectivity index (χ1) is 9.13. The number of esters is 1. The van der Waals surface area contributed by atoms with Gasteiger partial charge in [-0.2, -0.15) is 0 Å². The van der Waals surface area contributed by atoms with Crippen LogP contribution in [-0.2, 0) is 4.74 Å². The van der Waals surface area contributed by atoms with E-state index >= 15 is 0 Å². The molecule has 0 aliphatic carbocycles. The second-order valence-corrected chi connectivity index (χ2v) is 3.96. The Bertz CT molecular complexity index is 598. The fraction of sp³-hybridized carbons (Fsp3) is 0.250. The highest BCUT2D eigenvalue weighted by atomic mass is 35.5. The molecule has 2 heterocycles. The molecule has 0 radical (unpaired) electrons. The number of ether oxygens (including phenoxy) is 2. The molecule has 2 aromatic rings. The Balaban J connectivity index is 2.44. The van der Waals surface area contributed by atoms with Crippen molar-refractivity contribution >= 4 is 17.6 Å². The fourth-order valence-corrected chi connectivity index (χ4v) is 1.64. The van der Waals surface area contributed by atoms with E-state index in [1.165, 1.54) is 13.4 Å². The molecule has 6 nitrogen and oxygen atoms in total. The third-order valence-electron chi connectivity index (χ3n) is 2.33. The van der Waals surface area contributed by atoms with Gasteiger partial charge in [0.25, 0.3) is 0 Å². The molecule has 0 amide bonds. The topological polar surface area (TPSA) is 66.2 Å². The summed E-state index contributed by atoms with van der Waals surface area (Å²) < 4.78 is 11.6. The van der Waals surface area contributed by atoms with E-state index < -0.39 is 5.97 Å². The van der Waals surface area contributed by atoms with E-state index in [0.29, 0.717) is 16.7 Å². The van der Waals surface area contributed by atoms with E-state index in [1.807, 2.05) is 0 Å². The molecule has 19 heavy (non-hydrogen) atoms. The van der Waals surface area contributed by atoms with Crippen LogP contribution in [0.5, 0.6) is 5.88 Å². The van der Waals surface area contributed by atoms with Crippen LogP contribution in [0.15, 0.2) is 24.7 Å². The highest BCUT2D eigenvalue weighted by Crippen LogP contribution is 2.18. The van der Waals surface area contributed by atoms with Crippen LogP contribution in [-0.4, -0.2) is 34.2 Å². The number of pyridine rings is 1. The number of rotatable bonds is 4. The van der Waals surface area contributed by atoms with Crippen molar-refractivity contribution in [3.63, 3.8) is 0 Å². The zero-order valence-electron chi connectivity index (χ0n) is 10.5. The molecular formula is C12H12ClN3O3. The van der Waals surface area contributed by atoms with Gasteiger partial charge in [-0.1, -0.05) is 11.6 Å². The molecule has 2 aromatic heterocycles. The minimum atomic E-state index is -0.506. The quantitative estimate of drug-likeness (QED) is 0.803. The van der Waals surface area contributed by atoms with Crippen LogP contribution in [0.2, 0.25) is 5.15 Å². The molecule has 0 N–H and O–H groups in total. The number of carbonyl (C=O) groups is 1. The number of aromatic nitrogens is 3. The molecule has 100 valence electrons. The van der Waals surface area contributed by atoms with E-state index in [1.54, 1.807) is 29.8 Å². The van der Waals surface area contributed by atoms with Crippen LogP contribution in [0.25, 0.3) is 5.69 Å². The predicted octanol–water partition coefficient (Wildman–Crippen LogP) is 2.11. The van der Waals surface area contributed by atoms with Crippen molar-refractivity contribution in [2.75, 3.05) is 13.7 Å². The van der Waals surface area contributed by atoms with Gasteiger partial charge in [-0.25, -0.2) is 14.8 Å². The predicted molar refractivity (Wildman–Crippen MR) is 68.9 cm³/mol. The van der Waals surface area contributed by atoms with Crippen molar-refractivity contribution < 1.29 is 14.3 Å². The van der Waals surface area contributed by atoms with Crippen molar-refractivity contribution in [1.29, 1.82) is 0 Å². The maximum Gasteiger partial charge on any atom is 0.357 e. The molecule has 7 heteroatoms. The van der Waals surface area contributed by atoms with Crippen LogP contribution in [0.3, 0.4) is 0 Å². The Morgan fingerprint density at radius 1 is 1.47 bits per heavy atom. The van der Waals surface area contributed by atoms with Gasteiger partial charge < -0.3 is 14.0 Å². The van der Waals surface area contributed by atoms with E-state index in [0.717, 1.165) is 0 Å². The Morgan fingerprint density at radius 2 is 2.26 bits per heavy atom. The number of halogens is 1. The van der Waals surface area contributed by atoms with E-state index in [4.69, 9.17) is 21.1 Å². The summed E-state index contributed by atoms with van der Waals surface area (Å²) in [6.07, 6.45) is 3.15. The highest BCUT2D eigenvalue weighted by molar-refractivity contribution is 6.29. The maximum atomic E-state index is 11.7. The molecule has 0 bridgehead atoms. The van der Waals surface area contributed by atoms with Gasteiger partial charge in [0.15, 0.2) is 5.69 Å². The Morgan fingerprint density at radius 3 is 2.84 bits per heavy atom. The zero-order valence-corrected chi connectivity index (χ0v) is 11.2. The van der Waals surface area contributed by atoms with E-state index in [2.05, 4.69) is 9.97 Å². The zero-order chi connectivity index (χ0) is 13.8. The average molecular weight is 282 g/mol. The van der Waals surface area contributed by atoms with Crippen LogP contribution in [0.1, 0.15) is 17.4 Å². The summed E-state index contributed by atoms with van der Waals surface area (Å²) in [7, 11) is 1.47.